The molecule has 0 radical (unpaired) electrons. The summed E-state index contributed by atoms with van der Waals surface area (Å²) in [5.74, 6) is 0.390. The van der Waals surface area contributed by atoms with E-state index in [4.69, 9.17) is 15.4 Å². The second-order valence-corrected chi connectivity index (χ2v) is 5.53. The van der Waals surface area contributed by atoms with Gasteiger partial charge >= 0.3 is 0 Å². The third-order valence-electron chi connectivity index (χ3n) is 1.34. The Morgan fingerprint density at radius 2 is 2.07 bits per heavy atom. The molecule has 4 nitrogen and oxygen atoms in total. The molecule has 0 spiro atoms. The van der Waals surface area contributed by atoms with Gasteiger partial charge < -0.3 is 4.74 Å². The van der Waals surface area contributed by atoms with Crippen molar-refractivity contribution in [1.29, 1.82) is 0 Å². The molecule has 0 aliphatic rings. The van der Waals surface area contributed by atoms with Gasteiger partial charge in [0.1, 0.15) is 10.6 Å². The van der Waals surface area contributed by atoms with Crippen molar-refractivity contribution in [1.82, 2.24) is 4.98 Å². The van der Waals surface area contributed by atoms with Gasteiger partial charge in [0.05, 0.1) is 12.3 Å². The maximum atomic E-state index is 10.9. The average Bonchev–Trinajstić information content (AvgIpc) is 2.01. The lowest BCUT2D eigenvalue weighted by atomic mass is 10.4. The molecule has 6 heteroatoms. The van der Waals surface area contributed by atoms with Gasteiger partial charge in [0.15, 0.2) is 0 Å². The van der Waals surface area contributed by atoms with Gasteiger partial charge in [0.25, 0.3) is 9.05 Å². The minimum atomic E-state index is -3.73. The van der Waals surface area contributed by atoms with E-state index in [-0.39, 0.29) is 11.0 Å². The fraction of sp³-hybridized carbons (Fsp3) is 0.375. The van der Waals surface area contributed by atoms with Gasteiger partial charge in [0, 0.05) is 22.9 Å². The lowest BCUT2D eigenvalue weighted by Gasteiger charge is -2.09. The molecule has 1 heterocycles. The molecule has 1 aromatic heterocycles. The molecule has 0 saturated heterocycles. The summed E-state index contributed by atoms with van der Waals surface area (Å²) in [6.07, 6.45) is 2.58. The molecule has 1 rings (SSSR count). The number of hydrogen-bond donors (Lipinski definition) is 0. The van der Waals surface area contributed by atoms with Crippen LogP contribution in [0.1, 0.15) is 13.8 Å². The van der Waals surface area contributed by atoms with Gasteiger partial charge in [-0.05, 0) is 13.8 Å². The number of ether oxygens (including phenoxy) is 1. The van der Waals surface area contributed by atoms with Crippen LogP contribution in [0.5, 0.6) is 5.75 Å². The molecule has 1 aromatic rings. The van der Waals surface area contributed by atoms with Crippen LogP contribution in [0, 0.1) is 0 Å². The van der Waals surface area contributed by atoms with Crippen LogP contribution in [-0.2, 0) is 9.05 Å². The van der Waals surface area contributed by atoms with E-state index >= 15 is 0 Å². The zero-order chi connectivity index (χ0) is 10.8. The largest absolute Gasteiger partial charge is 0.489 e. The van der Waals surface area contributed by atoms with Crippen LogP contribution in [-0.4, -0.2) is 19.5 Å². The van der Waals surface area contributed by atoms with E-state index < -0.39 is 9.05 Å². The fourth-order valence-electron chi connectivity index (χ4n) is 0.869. The summed E-state index contributed by atoms with van der Waals surface area (Å²) < 4.78 is 27.1. The van der Waals surface area contributed by atoms with Crippen molar-refractivity contribution in [3.05, 3.63) is 18.5 Å². The van der Waals surface area contributed by atoms with Crippen LogP contribution in [0.4, 0.5) is 0 Å². The van der Waals surface area contributed by atoms with Crippen LogP contribution >= 0.6 is 10.7 Å². The number of pyridine rings is 1. The fourth-order valence-corrected chi connectivity index (χ4v) is 1.57. The van der Waals surface area contributed by atoms with E-state index in [2.05, 4.69) is 4.98 Å². The minimum Gasteiger partial charge on any atom is -0.489 e. The predicted octanol–water partition coefficient (Wildman–Crippen LogP) is 1.80. The lowest BCUT2D eigenvalue weighted by molar-refractivity contribution is 0.241. The summed E-state index contributed by atoms with van der Waals surface area (Å²) in [6.45, 7) is 3.67. The van der Waals surface area contributed by atoms with Gasteiger partial charge in [-0.25, -0.2) is 8.42 Å². The van der Waals surface area contributed by atoms with Crippen molar-refractivity contribution in [3.63, 3.8) is 0 Å². The highest BCUT2D eigenvalue weighted by atomic mass is 35.7. The van der Waals surface area contributed by atoms with Gasteiger partial charge in [0.2, 0.25) is 0 Å². The van der Waals surface area contributed by atoms with Gasteiger partial charge in [-0.15, -0.1) is 0 Å². The Morgan fingerprint density at radius 3 is 2.57 bits per heavy atom. The molecular weight excluding hydrogens is 226 g/mol. The highest BCUT2D eigenvalue weighted by Crippen LogP contribution is 2.19. The lowest BCUT2D eigenvalue weighted by Crippen LogP contribution is -2.06. The number of nitrogens with zero attached hydrogens (tertiary/aromatic N) is 1. The molecule has 0 aliphatic heterocycles. The van der Waals surface area contributed by atoms with E-state index in [1.807, 2.05) is 13.8 Å². The molecule has 0 fully saturated rings. The summed E-state index contributed by atoms with van der Waals surface area (Å²) in [7, 11) is 1.41. The molecule has 0 amide bonds. The molecule has 0 aromatic carbocycles. The normalized spacial score (nSPS) is 11.7. The summed E-state index contributed by atoms with van der Waals surface area (Å²) in [5.41, 5.74) is 0. The van der Waals surface area contributed by atoms with E-state index in [1.165, 1.54) is 18.5 Å². The average molecular weight is 236 g/mol. The number of hydrogen-bond acceptors (Lipinski definition) is 4. The Hall–Kier alpha value is -0.810. The molecule has 0 unspecified atom stereocenters. The van der Waals surface area contributed by atoms with Gasteiger partial charge in [-0.3, -0.25) is 4.98 Å². The van der Waals surface area contributed by atoms with Crippen molar-refractivity contribution in [2.45, 2.75) is 24.8 Å². The maximum absolute atomic E-state index is 10.9. The van der Waals surface area contributed by atoms with Crippen LogP contribution in [0.25, 0.3) is 0 Å². The first-order valence-corrected chi connectivity index (χ1v) is 6.27. The Kier molecular flexibility index (Phi) is 3.34. The summed E-state index contributed by atoms with van der Waals surface area (Å²) in [6, 6.07) is 1.34. The molecule has 0 N–H and O–H groups in total. The van der Waals surface area contributed by atoms with E-state index in [0.29, 0.717) is 5.75 Å². The highest BCUT2D eigenvalue weighted by Gasteiger charge is 2.11. The first-order chi connectivity index (χ1) is 6.39. The van der Waals surface area contributed by atoms with Crippen LogP contribution in [0.15, 0.2) is 23.4 Å². The van der Waals surface area contributed by atoms with Crippen molar-refractivity contribution < 1.29 is 13.2 Å². The zero-order valence-electron chi connectivity index (χ0n) is 7.77. The van der Waals surface area contributed by atoms with Crippen LogP contribution < -0.4 is 4.74 Å². The summed E-state index contributed by atoms with van der Waals surface area (Å²) in [4.78, 5) is 3.66. The molecule has 78 valence electrons. The first-order valence-electron chi connectivity index (χ1n) is 3.96. The molecule has 0 saturated carbocycles. The van der Waals surface area contributed by atoms with Crippen molar-refractivity contribution in [2.24, 2.45) is 0 Å². The van der Waals surface area contributed by atoms with E-state index in [9.17, 15) is 8.42 Å². The molecule has 0 aliphatic carbocycles. The van der Waals surface area contributed by atoms with Crippen molar-refractivity contribution in [3.8, 4) is 5.75 Å². The molecular formula is C8H10ClNO3S. The summed E-state index contributed by atoms with van der Waals surface area (Å²) in [5, 5.41) is 0. The highest BCUT2D eigenvalue weighted by molar-refractivity contribution is 8.13. The molecule has 0 bridgehead atoms. The quantitative estimate of drug-likeness (QED) is 0.750. The standard InChI is InChI=1S/C8H10ClNO3S/c1-6(2)13-7-3-8(5-10-4-7)14(9,11)12/h3-6H,1-2H3. The van der Waals surface area contributed by atoms with Gasteiger partial charge in [-0.1, -0.05) is 0 Å². The zero-order valence-corrected chi connectivity index (χ0v) is 9.34. The van der Waals surface area contributed by atoms with Crippen LogP contribution in [0.3, 0.4) is 0 Å². The third kappa shape index (κ3) is 3.16. The predicted molar refractivity (Wildman–Crippen MR) is 53.0 cm³/mol. The number of rotatable bonds is 3. The SMILES string of the molecule is CC(C)Oc1cncc(S(=O)(=O)Cl)c1. The van der Waals surface area contributed by atoms with Gasteiger partial charge in [-0.2, -0.15) is 0 Å². The topological polar surface area (TPSA) is 56.3 Å². The Balaban J connectivity index is 3.02. The Bertz CT molecular complexity index is 416. The first kappa shape index (κ1) is 11.3. The smallest absolute Gasteiger partial charge is 0.262 e. The second-order valence-electron chi connectivity index (χ2n) is 2.96. The second kappa shape index (κ2) is 4.14. The number of aromatic nitrogens is 1. The monoisotopic (exact) mass is 235 g/mol. The molecule has 14 heavy (non-hydrogen) atoms. The summed E-state index contributed by atoms with van der Waals surface area (Å²) >= 11 is 0. The van der Waals surface area contributed by atoms with Crippen molar-refractivity contribution in [2.75, 3.05) is 0 Å². The molecule has 0 atom stereocenters. The van der Waals surface area contributed by atoms with Crippen LogP contribution in [0.2, 0.25) is 0 Å². The maximum Gasteiger partial charge on any atom is 0.262 e. The third-order valence-corrected chi connectivity index (χ3v) is 2.66. The van der Waals surface area contributed by atoms with E-state index in [0.717, 1.165) is 0 Å². The Morgan fingerprint density at radius 1 is 1.43 bits per heavy atom. The minimum absolute atomic E-state index is 0.0370. The van der Waals surface area contributed by atoms with Crippen molar-refractivity contribution >= 4 is 19.7 Å². The number of halogens is 1. The van der Waals surface area contributed by atoms with E-state index in [1.54, 1.807) is 0 Å². The Labute approximate surface area is 87.3 Å².